The summed E-state index contributed by atoms with van der Waals surface area (Å²) < 4.78 is 0. The van der Waals surface area contributed by atoms with Gasteiger partial charge in [0.15, 0.2) is 0 Å². The second-order valence-electron chi connectivity index (χ2n) is 7.61. The van der Waals surface area contributed by atoms with Crippen molar-refractivity contribution in [1.82, 2.24) is 10.2 Å². The van der Waals surface area contributed by atoms with E-state index in [1.165, 1.54) is 51.9 Å². The lowest BCUT2D eigenvalue weighted by molar-refractivity contribution is 0.0969. The minimum absolute atomic E-state index is 0.409. The first-order valence-electron chi connectivity index (χ1n) is 8.65. The molecule has 0 saturated carbocycles. The number of nitrogens with one attached hydrogen (secondary N) is 1. The van der Waals surface area contributed by atoms with Crippen LogP contribution in [0, 0.1) is 11.3 Å². The molecule has 1 fully saturated rings. The normalized spacial score (nSPS) is 24.4. The molecule has 1 aromatic carbocycles. The number of hydrogen-bond donors (Lipinski definition) is 1. The summed E-state index contributed by atoms with van der Waals surface area (Å²) in [4.78, 5) is 2.69. The van der Waals surface area contributed by atoms with Gasteiger partial charge in [0.25, 0.3) is 0 Å². The molecular weight excluding hydrogens is 256 g/mol. The minimum Gasteiger partial charge on any atom is -0.316 e. The van der Waals surface area contributed by atoms with E-state index in [0.29, 0.717) is 5.41 Å². The number of fused-ring (bicyclic) bond motifs is 1. The predicted molar refractivity (Wildman–Crippen MR) is 89.4 cm³/mol. The van der Waals surface area contributed by atoms with Crippen LogP contribution in [-0.2, 0) is 13.0 Å². The zero-order valence-electron chi connectivity index (χ0n) is 13.7. The van der Waals surface area contributed by atoms with Crippen molar-refractivity contribution in [1.29, 1.82) is 0 Å². The molecule has 0 spiro atoms. The molecule has 21 heavy (non-hydrogen) atoms. The third-order valence-corrected chi connectivity index (χ3v) is 5.47. The molecule has 116 valence electrons. The fraction of sp³-hybridized carbons (Fsp3) is 0.684. The van der Waals surface area contributed by atoms with Gasteiger partial charge >= 0.3 is 0 Å². The van der Waals surface area contributed by atoms with E-state index >= 15 is 0 Å². The van der Waals surface area contributed by atoms with Crippen LogP contribution in [-0.4, -0.2) is 31.1 Å². The molecule has 1 aromatic rings. The highest BCUT2D eigenvalue weighted by Gasteiger charge is 2.32. The van der Waals surface area contributed by atoms with Crippen LogP contribution in [0.1, 0.15) is 44.2 Å². The Kier molecular flexibility index (Phi) is 4.66. The molecule has 1 unspecified atom stereocenters. The maximum Gasteiger partial charge on any atom is 0.0236 e. The largest absolute Gasteiger partial charge is 0.316 e. The first-order chi connectivity index (χ1) is 10.1. The molecule has 0 bridgehead atoms. The van der Waals surface area contributed by atoms with Crippen LogP contribution in [0.5, 0.6) is 0 Å². The molecule has 0 aromatic heterocycles. The van der Waals surface area contributed by atoms with Crippen molar-refractivity contribution in [2.75, 3.05) is 26.2 Å². The Balaban J connectivity index is 1.66. The molecule has 2 heterocycles. The van der Waals surface area contributed by atoms with Crippen molar-refractivity contribution < 1.29 is 0 Å². The van der Waals surface area contributed by atoms with Crippen LogP contribution in [0.4, 0.5) is 0 Å². The van der Waals surface area contributed by atoms with Crippen LogP contribution < -0.4 is 5.32 Å². The van der Waals surface area contributed by atoms with Gasteiger partial charge in [0.1, 0.15) is 0 Å². The highest BCUT2D eigenvalue weighted by Crippen LogP contribution is 2.33. The third kappa shape index (κ3) is 3.67. The van der Waals surface area contributed by atoms with Gasteiger partial charge in [-0.15, -0.1) is 0 Å². The van der Waals surface area contributed by atoms with Crippen molar-refractivity contribution in [3.8, 4) is 0 Å². The molecule has 2 heteroatoms. The van der Waals surface area contributed by atoms with E-state index in [2.05, 4.69) is 48.3 Å². The average molecular weight is 286 g/mol. The first-order valence-corrected chi connectivity index (χ1v) is 8.65. The SMILES string of the molecule is CC(C)(CN1CCCc2ccccc2C1)C1CCCNC1. The van der Waals surface area contributed by atoms with Gasteiger partial charge < -0.3 is 5.32 Å². The third-order valence-electron chi connectivity index (χ3n) is 5.47. The van der Waals surface area contributed by atoms with Gasteiger partial charge in [-0.25, -0.2) is 0 Å². The number of nitrogens with zero attached hydrogens (tertiary/aromatic N) is 1. The fourth-order valence-electron chi connectivity index (χ4n) is 4.13. The Morgan fingerprint density at radius 2 is 2.00 bits per heavy atom. The van der Waals surface area contributed by atoms with Gasteiger partial charge in [0.05, 0.1) is 0 Å². The van der Waals surface area contributed by atoms with Crippen molar-refractivity contribution in [2.45, 2.75) is 46.1 Å². The van der Waals surface area contributed by atoms with Gasteiger partial charge in [0, 0.05) is 13.1 Å². The molecule has 1 N–H and O–H groups in total. The number of hydrogen-bond acceptors (Lipinski definition) is 2. The van der Waals surface area contributed by atoms with E-state index < -0.39 is 0 Å². The van der Waals surface area contributed by atoms with E-state index in [1.807, 2.05) is 0 Å². The molecule has 1 saturated heterocycles. The summed E-state index contributed by atoms with van der Waals surface area (Å²) in [6.07, 6.45) is 5.29. The van der Waals surface area contributed by atoms with Gasteiger partial charge in [-0.2, -0.15) is 0 Å². The van der Waals surface area contributed by atoms with Crippen LogP contribution >= 0.6 is 0 Å². The predicted octanol–water partition coefficient (Wildman–Crippen LogP) is 3.46. The summed E-state index contributed by atoms with van der Waals surface area (Å²) in [5.74, 6) is 0.824. The zero-order chi connectivity index (χ0) is 14.7. The van der Waals surface area contributed by atoms with E-state index in [1.54, 1.807) is 11.1 Å². The smallest absolute Gasteiger partial charge is 0.0236 e. The van der Waals surface area contributed by atoms with Crippen LogP contribution in [0.3, 0.4) is 0 Å². The maximum absolute atomic E-state index is 3.59. The Labute approximate surface area is 129 Å². The summed E-state index contributed by atoms with van der Waals surface area (Å²) in [5.41, 5.74) is 3.52. The highest BCUT2D eigenvalue weighted by atomic mass is 15.1. The van der Waals surface area contributed by atoms with Crippen molar-refractivity contribution >= 4 is 0 Å². The first kappa shape index (κ1) is 15.1. The number of aryl methyl sites for hydroxylation is 1. The number of rotatable bonds is 3. The molecule has 1 atom stereocenters. The molecular formula is C19H30N2. The van der Waals surface area contributed by atoms with E-state index in [4.69, 9.17) is 0 Å². The van der Waals surface area contributed by atoms with E-state index in [-0.39, 0.29) is 0 Å². The van der Waals surface area contributed by atoms with E-state index in [9.17, 15) is 0 Å². The number of piperidine rings is 1. The summed E-state index contributed by atoms with van der Waals surface area (Å²) >= 11 is 0. The average Bonchev–Trinajstić information content (AvgIpc) is 2.69. The van der Waals surface area contributed by atoms with E-state index in [0.717, 1.165) is 12.5 Å². The lowest BCUT2D eigenvalue weighted by Gasteiger charge is -2.40. The summed E-state index contributed by atoms with van der Waals surface area (Å²) in [5, 5.41) is 3.59. The lowest BCUT2D eigenvalue weighted by Crippen LogP contribution is -2.44. The second kappa shape index (κ2) is 6.50. The topological polar surface area (TPSA) is 15.3 Å². The van der Waals surface area contributed by atoms with Crippen LogP contribution in [0.25, 0.3) is 0 Å². The zero-order valence-corrected chi connectivity index (χ0v) is 13.7. The van der Waals surface area contributed by atoms with Crippen molar-refractivity contribution in [3.63, 3.8) is 0 Å². The number of benzene rings is 1. The van der Waals surface area contributed by atoms with Gasteiger partial charge in [-0.1, -0.05) is 38.1 Å². The van der Waals surface area contributed by atoms with Crippen molar-refractivity contribution in [2.24, 2.45) is 11.3 Å². The van der Waals surface area contributed by atoms with Crippen molar-refractivity contribution in [3.05, 3.63) is 35.4 Å². The lowest BCUT2D eigenvalue weighted by atomic mass is 9.74. The van der Waals surface area contributed by atoms with Gasteiger partial charge in [-0.05, 0) is 67.8 Å². The molecule has 2 aliphatic heterocycles. The Morgan fingerprint density at radius 1 is 1.19 bits per heavy atom. The molecule has 0 amide bonds. The Morgan fingerprint density at radius 3 is 2.76 bits per heavy atom. The monoisotopic (exact) mass is 286 g/mol. The highest BCUT2D eigenvalue weighted by molar-refractivity contribution is 5.28. The molecule has 0 radical (unpaired) electrons. The molecule has 0 aliphatic carbocycles. The Hall–Kier alpha value is -0.860. The fourth-order valence-corrected chi connectivity index (χ4v) is 4.13. The summed E-state index contributed by atoms with van der Waals surface area (Å²) in [6, 6.07) is 9.02. The molecule has 2 nitrogen and oxygen atoms in total. The second-order valence-corrected chi connectivity index (χ2v) is 7.61. The van der Waals surface area contributed by atoms with Gasteiger partial charge in [0.2, 0.25) is 0 Å². The maximum atomic E-state index is 3.59. The quantitative estimate of drug-likeness (QED) is 0.915. The van der Waals surface area contributed by atoms with Crippen LogP contribution in [0.15, 0.2) is 24.3 Å². The van der Waals surface area contributed by atoms with Gasteiger partial charge in [-0.3, -0.25) is 4.90 Å². The van der Waals surface area contributed by atoms with Crippen LogP contribution in [0.2, 0.25) is 0 Å². The summed E-state index contributed by atoms with van der Waals surface area (Å²) in [7, 11) is 0. The minimum atomic E-state index is 0.409. The standard InChI is InChI=1S/C19H30N2/c1-19(2,18-10-5-11-20-13-18)15-21-12-6-9-16-7-3-4-8-17(16)14-21/h3-4,7-8,18,20H,5-6,9-15H2,1-2H3. The molecule has 3 rings (SSSR count). The Bertz CT molecular complexity index is 460. The molecule has 2 aliphatic rings. The summed E-state index contributed by atoms with van der Waals surface area (Å²) in [6.45, 7) is 11.0.